The molecule has 2 aromatic carbocycles. The Hall–Kier alpha value is -2.16. The number of aryl methyl sites for hydroxylation is 2. The molecule has 0 spiro atoms. The molecule has 90 valence electrons. The summed E-state index contributed by atoms with van der Waals surface area (Å²) in [5.41, 5.74) is 7.87. The molecular weight excluding hydrogens is 222 g/mol. The zero-order chi connectivity index (χ0) is 12.4. The van der Waals surface area contributed by atoms with Gasteiger partial charge in [-0.15, -0.1) is 9.26 Å². The maximum absolute atomic E-state index is 2.25. The first kappa shape index (κ1) is 9.83. The predicted octanol–water partition coefficient (Wildman–Crippen LogP) is 3.35. The standard InChI is InChI=1S/C15H15N3/c1-10-8-11(2)12(3)15(9-10)18-16-13-6-4-5-7-14(13)17(16)18/h4-9H,1-3H3. The van der Waals surface area contributed by atoms with Crippen LogP contribution in [0.25, 0.3) is 16.7 Å². The third-order valence-electron chi connectivity index (χ3n) is 3.82. The van der Waals surface area contributed by atoms with E-state index in [1.807, 2.05) is 0 Å². The molecular formula is C15H15N3. The highest BCUT2D eigenvalue weighted by molar-refractivity contribution is 5.79. The van der Waals surface area contributed by atoms with E-state index in [1.54, 1.807) is 0 Å². The topological polar surface area (TPSA) is 13.8 Å². The number of para-hydroxylation sites is 2. The Morgan fingerprint density at radius 2 is 1.44 bits per heavy atom. The second-order valence-electron chi connectivity index (χ2n) is 5.08. The van der Waals surface area contributed by atoms with E-state index in [1.165, 1.54) is 33.4 Å². The molecule has 4 aromatic rings. The molecule has 0 amide bonds. The second kappa shape index (κ2) is 2.99. The first-order valence-electron chi connectivity index (χ1n) is 6.25. The molecule has 3 nitrogen and oxygen atoms in total. The van der Waals surface area contributed by atoms with Crippen molar-refractivity contribution in [1.29, 1.82) is 0 Å². The van der Waals surface area contributed by atoms with Crippen molar-refractivity contribution < 1.29 is 0 Å². The van der Waals surface area contributed by atoms with Crippen LogP contribution < -0.4 is 0 Å². The summed E-state index contributed by atoms with van der Waals surface area (Å²) in [7, 11) is 0. The van der Waals surface area contributed by atoms with E-state index in [0.717, 1.165) is 0 Å². The molecule has 0 unspecified atom stereocenters. The van der Waals surface area contributed by atoms with Crippen molar-refractivity contribution in [1.82, 2.24) is 14.1 Å². The number of rotatable bonds is 1. The summed E-state index contributed by atoms with van der Waals surface area (Å²) in [5.74, 6) is 0. The molecule has 3 heteroatoms. The molecule has 0 aliphatic rings. The van der Waals surface area contributed by atoms with Gasteiger partial charge >= 0.3 is 0 Å². The molecule has 0 saturated carbocycles. The maximum atomic E-state index is 2.25. The first-order valence-corrected chi connectivity index (χ1v) is 6.25. The van der Waals surface area contributed by atoms with Gasteiger partial charge in [-0.1, -0.05) is 18.2 Å². The third kappa shape index (κ3) is 1.04. The van der Waals surface area contributed by atoms with Gasteiger partial charge in [-0.05, 0) is 55.7 Å². The fourth-order valence-electron chi connectivity index (χ4n) is 2.72. The van der Waals surface area contributed by atoms with Crippen molar-refractivity contribution >= 4 is 11.0 Å². The van der Waals surface area contributed by atoms with Gasteiger partial charge in [0.15, 0.2) is 0 Å². The van der Waals surface area contributed by atoms with Crippen molar-refractivity contribution in [2.45, 2.75) is 20.8 Å². The first-order chi connectivity index (χ1) is 8.68. The summed E-state index contributed by atoms with van der Waals surface area (Å²) in [4.78, 5) is 2.24. The molecule has 0 aliphatic carbocycles. The Balaban J connectivity index is 2.01. The van der Waals surface area contributed by atoms with Crippen LogP contribution in [-0.2, 0) is 0 Å². The largest absolute Gasteiger partial charge is 0.150 e. The second-order valence-corrected chi connectivity index (χ2v) is 5.08. The van der Waals surface area contributed by atoms with Gasteiger partial charge in [0.05, 0.1) is 5.69 Å². The Morgan fingerprint density at radius 3 is 2.06 bits per heavy atom. The Morgan fingerprint density at radius 1 is 0.833 bits per heavy atom. The number of benzene rings is 2. The van der Waals surface area contributed by atoms with Crippen LogP contribution in [0.3, 0.4) is 0 Å². The maximum Gasteiger partial charge on any atom is 0.113 e. The van der Waals surface area contributed by atoms with Crippen molar-refractivity contribution in [3.05, 3.63) is 53.1 Å². The van der Waals surface area contributed by atoms with Crippen LogP contribution >= 0.6 is 0 Å². The lowest BCUT2D eigenvalue weighted by atomic mass is 10.1. The minimum absolute atomic E-state index is 1.28. The zero-order valence-corrected chi connectivity index (χ0v) is 10.8. The van der Waals surface area contributed by atoms with E-state index in [4.69, 9.17) is 0 Å². The number of hydrogen-bond acceptors (Lipinski definition) is 0. The van der Waals surface area contributed by atoms with E-state index < -0.39 is 0 Å². The monoisotopic (exact) mass is 237 g/mol. The van der Waals surface area contributed by atoms with Gasteiger partial charge in [0.1, 0.15) is 11.0 Å². The van der Waals surface area contributed by atoms with Crippen LogP contribution in [-0.4, -0.2) is 14.1 Å². The summed E-state index contributed by atoms with van der Waals surface area (Å²) in [5, 5.41) is 0. The summed E-state index contributed by atoms with van der Waals surface area (Å²) < 4.78 is 4.41. The normalized spacial score (nSPS) is 12.2. The van der Waals surface area contributed by atoms with Crippen LogP contribution in [0.4, 0.5) is 0 Å². The van der Waals surface area contributed by atoms with Crippen LogP contribution in [0.2, 0.25) is 0 Å². The fraction of sp³-hybridized carbons (Fsp3) is 0.200. The fourth-order valence-corrected chi connectivity index (χ4v) is 2.72. The Labute approximate surface area is 105 Å². The van der Waals surface area contributed by atoms with Gasteiger partial charge in [0.25, 0.3) is 0 Å². The predicted molar refractivity (Wildman–Crippen MR) is 73.1 cm³/mol. The van der Waals surface area contributed by atoms with Crippen molar-refractivity contribution in [2.24, 2.45) is 0 Å². The van der Waals surface area contributed by atoms with E-state index >= 15 is 0 Å². The average molecular weight is 237 g/mol. The number of nitrogens with zero attached hydrogens (tertiary/aromatic N) is 3. The molecule has 0 bridgehead atoms. The Bertz CT molecular complexity index is 815. The molecule has 0 atom stereocenters. The van der Waals surface area contributed by atoms with Crippen LogP contribution in [0.1, 0.15) is 16.7 Å². The summed E-state index contributed by atoms with van der Waals surface area (Å²) >= 11 is 0. The van der Waals surface area contributed by atoms with Gasteiger partial charge in [-0.25, -0.2) is 0 Å². The average Bonchev–Trinajstić information content (AvgIpc) is 2.99. The lowest BCUT2D eigenvalue weighted by molar-refractivity contribution is 0.994. The van der Waals surface area contributed by atoms with Gasteiger partial charge < -0.3 is 0 Å². The van der Waals surface area contributed by atoms with E-state index in [9.17, 15) is 0 Å². The molecule has 0 radical (unpaired) electrons. The molecule has 18 heavy (non-hydrogen) atoms. The number of hydrogen-bond donors (Lipinski definition) is 0. The van der Waals surface area contributed by atoms with E-state index in [-0.39, 0.29) is 0 Å². The summed E-state index contributed by atoms with van der Waals surface area (Å²) in [6.45, 7) is 6.52. The van der Waals surface area contributed by atoms with Crippen molar-refractivity contribution in [2.75, 3.05) is 0 Å². The lowest BCUT2D eigenvalue weighted by Gasteiger charge is -2.05. The van der Waals surface area contributed by atoms with Crippen molar-refractivity contribution in [3.63, 3.8) is 0 Å². The minimum Gasteiger partial charge on any atom is -0.150 e. The summed E-state index contributed by atoms with van der Waals surface area (Å²) in [6, 6.07) is 13.0. The highest BCUT2D eigenvalue weighted by Crippen LogP contribution is 2.28. The number of aromatic nitrogens is 3. The van der Waals surface area contributed by atoms with E-state index in [2.05, 4.69) is 71.2 Å². The van der Waals surface area contributed by atoms with Gasteiger partial charge in [0.2, 0.25) is 0 Å². The SMILES string of the molecule is Cc1cc(C)c(C)c(-n2n3c4ccccc4n23)c1. The zero-order valence-electron chi connectivity index (χ0n) is 10.8. The third-order valence-corrected chi connectivity index (χ3v) is 3.82. The van der Waals surface area contributed by atoms with Gasteiger partial charge in [0, 0.05) is 0 Å². The van der Waals surface area contributed by atoms with E-state index in [0.29, 0.717) is 0 Å². The van der Waals surface area contributed by atoms with Crippen molar-refractivity contribution in [3.8, 4) is 5.69 Å². The molecule has 0 N–H and O–H groups in total. The Kier molecular flexibility index (Phi) is 1.63. The minimum atomic E-state index is 1.28. The molecule has 0 fully saturated rings. The highest BCUT2D eigenvalue weighted by atomic mass is 15.9. The highest BCUT2D eigenvalue weighted by Gasteiger charge is 2.24. The number of fused-ring (bicyclic) bond motifs is 4. The van der Waals surface area contributed by atoms with Crippen LogP contribution in [0, 0.1) is 20.8 Å². The quantitative estimate of drug-likeness (QED) is 0.482. The molecule has 4 rings (SSSR count). The van der Waals surface area contributed by atoms with Gasteiger partial charge in [-0.3, -0.25) is 0 Å². The molecule has 2 heterocycles. The smallest absolute Gasteiger partial charge is 0.113 e. The van der Waals surface area contributed by atoms with Crippen LogP contribution in [0.5, 0.6) is 0 Å². The molecule has 2 aromatic heterocycles. The van der Waals surface area contributed by atoms with Crippen LogP contribution in [0.15, 0.2) is 36.4 Å². The molecule has 0 saturated heterocycles. The lowest BCUT2D eigenvalue weighted by Crippen LogP contribution is -1.94. The van der Waals surface area contributed by atoms with Gasteiger partial charge in [-0.2, -0.15) is 4.80 Å². The summed E-state index contributed by atoms with van der Waals surface area (Å²) in [6.07, 6.45) is 0. The molecule has 0 aliphatic heterocycles.